The van der Waals surface area contributed by atoms with Gasteiger partial charge in [0, 0.05) is 30.4 Å². The molecule has 0 aliphatic carbocycles. The second-order valence-corrected chi connectivity index (χ2v) is 6.36. The van der Waals surface area contributed by atoms with Crippen molar-refractivity contribution in [3.8, 4) is 5.75 Å². The van der Waals surface area contributed by atoms with Crippen molar-refractivity contribution in [2.75, 3.05) is 25.5 Å². The lowest BCUT2D eigenvalue weighted by Gasteiger charge is -2.11. The minimum atomic E-state index is -0.180. The second-order valence-electron chi connectivity index (χ2n) is 5.52. The molecule has 0 fully saturated rings. The number of aromatic nitrogens is 1. The first-order chi connectivity index (χ1) is 12.4. The molecule has 0 atom stereocenters. The van der Waals surface area contributed by atoms with Gasteiger partial charge in [0.25, 0.3) is 0 Å². The normalized spacial score (nSPS) is 10.3. The fourth-order valence-electron chi connectivity index (χ4n) is 2.30. The lowest BCUT2D eigenvalue weighted by molar-refractivity contribution is -0.120. The van der Waals surface area contributed by atoms with Crippen LogP contribution in [0.3, 0.4) is 0 Å². The highest BCUT2D eigenvalue weighted by molar-refractivity contribution is 6.35. The Morgan fingerprint density at radius 2 is 1.96 bits per heavy atom. The highest BCUT2D eigenvalue weighted by Crippen LogP contribution is 2.22. The van der Waals surface area contributed by atoms with Gasteiger partial charge in [0.05, 0.1) is 23.6 Å². The van der Waals surface area contributed by atoms with Crippen LogP contribution in [-0.4, -0.2) is 36.9 Å². The number of anilines is 1. The molecule has 0 radical (unpaired) electrons. The largest absolute Gasteiger partial charge is 0.496 e. The van der Waals surface area contributed by atoms with Gasteiger partial charge in [0.1, 0.15) is 11.6 Å². The summed E-state index contributed by atoms with van der Waals surface area (Å²) in [5, 5.41) is 6.68. The van der Waals surface area contributed by atoms with Crippen LogP contribution in [0.25, 0.3) is 0 Å². The van der Waals surface area contributed by atoms with Crippen LogP contribution in [0.15, 0.2) is 30.5 Å². The molecule has 2 aromatic rings. The van der Waals surface area contributed by atoms with Crippen LogP contribution in [-0.2, 0) is 11.2 Å². The van der Waals surface area contributed by atoms with E-state index < -0.39 is 0 Å². The van der Waals surface area contributed by atoms with E-state index in [1.807, 2.05) is 0 Å². The molecule has 1 heterocycles. The Bertz CT molecular complexity index is 812. The van der Waals surface area contributed by atoms with Crippen molar-refractivity contribution in [1.29, 1.82) is 0 Å². The van der Waals surface area contributed by atoms with Crippen molar-refractivity contribution < 1.29 is 14.3 Å². The summed E-state index contributed by atoms with van der Waals surface area (Å²) >= 11 is 11.8. The molecule has 0 bridgehead atoms. The lowest BCUT2D eigenvalue weighted by atomic mass is 10.0. The summed E-state index contributed by atoms with van der Waals surface area (Å²) in [6.07, 6.45) is 1.60. The second kappa shape index (κ2) is 9.40. The summed E-state index contributed by atoms with van der Waals surface area (Å²) in [7, 11) is 1.52. The fourth-order valence-corrected chi connectivity index (χ4v) is 2.75. The van der Waals surface area contributed by atoms with E-state index in [4.69, 9.17) is 27.9 Å². The highest BCUT2D eigenvalue weighted by atomic mass is 35.5. The van der Waals surface area contributed by atoms with Crippen LogP contribution in [0, 0.1) is 0 Å². The van der Waals surface area contributed by atoms with Crippen molar-refractivity contribution in [2.45, 2.75) is 13.3 Å². The summed E-state index contributed by atoms with van der Waals surface area (Å²) in [4.78, 5) is 27.7. The van der Waals surface area contributed by atoms with Gasteiger partial charge in [-0.3, -0.25) is 9.59 Å². The van der Waals surface area contributed by atoms with E-state index >= 15 is 0 Å². The molecule has 8 heteroatoms. The number of carbonyl (C=O) groups is 2. The van der Waals surface area contributed by atoms with Crippen LogP contribution >= 0.6 is 23.2 Å². The molecule has 2 N–H and O–H groups in total. The Morgan fingerprint density at radius 3 is 2.62 bits per heavy atom. The van der Waals surface area contributed by atoms with Gasteiger partial charge in [0.15, 0.2) is 5.78 Å². The predicted molar refractivity (Wildman–Crippen MR) is 102 cm³/mol. The number of halogens is 2. The molecular weight excluding hydrogens is 377 g/mol. The van der Waals surface area contributed by atoms with Gasteiger partial charge in [-0.25, -0.2) is 4.98 Å². The van der Waals surface area contributed by atoms with E-state index in [0.29, 0.717) is 45.8 Å². The average molecular weight is 396 g/mol. The number of nitrogens with zero attached hydrogens (tertiary/aromatic N) is 1. The minimum Gasteiger partial charge on any atom is -0.496 e. The highest BCUT2D eigenvalue weighted by Gasteiger charge is 2.11. The van der Waals surface area contributed by atoms with Crippen molar-refractivity contribution in [2.24, 2.45) is 0 Å². The third-order valence-electron chi connectivity index (χ3n) is 3.59. The van der Waals surface area contributed by atoms with Crippen molar-refractivity contribution in [3.63, 3.8) is 0 Å². The maximum Gasteiger partial charge on any atom is 0.224 e. The molecule has 0 unspecified atom stereocenters. The average Bonchev–Trinajstić information content (AvgIpc) is 2.60. The Kier molecular flexibility index (Phi) is 7.24. The van der Waals surface area contributed by atoms with Crippen molar-refractivity contribution in [1.82, 2.24) is 10.3 Å². The zero-order chi connectivity index (χ0) is 19.1. The Hall–Kier alpha value is -2.31. The fraction of sp³-hybridized carbons (Fsp3) is 0.278. The molecule has 2 rings (SSSR count). The molecule has 0 saturated carbocycles. The topological polar surface area (TPSA) is 80.3 Å². The van der Waals surface area contributed by atoms with Crippen LogP contribution in [0.5, 0.6) is 5.75 Å². The summed E-state index contributed by atoms with van der Waals surface area (Å²) in [5.41, 5.74) is 1.20. The van der Waals surface area contributed by atoms with Gasteiger partial charge in [-0.1, -0.05) is 23.2 Å². The maximum absolute atomic E-state index is 12.1. The van der Waals surface area contributed by atoms with Gasteiger partial charge in [0.2, 0.25) is 5.91 Å². The Labute approximate surface area is 161 Å². The number of pyridine rings is 1. The van der Waals surface area contributed by atoms with Gasteiger partial charge < -0.3 is 15.4 Å². The molecule has 0 spiro atoms. The summed E-state index contributed by atoms with van der Waals surface area (Å²) < 4.78 is 5.25. The number of rotatable bonds is 8. The third-order valence-corrected chi connectivity index (χ3v) is 4.08. The molecule has 0 saturated heterocycles. The van der Waals surface area contributed by atoms with Gasteiger partial charge in [-0.05, 0) is 31.2 Å². The van der Waals surface area contributed by atoms with Gasteiger partial charge in [-0.15, -0.1) is 0 Å². The smallest absolute Gasteiger partial charge is 0.224 e. The van der Waals surface area contributed by atoms with Gasteiger partial charge in [-0.2, -0.15) is 0 Å². The number of methoxy groups -OCH3 is 1. The van der Waals surface area contributed by atoms with Crippen LogP contribution in [0.1, 0.15) is 22.8 Å². The zero-order valence-electron chi connectivity index (χ0n) is 14.4. The summed E-state index contributed by atoms with van der Waals surface area (Å²) in [5.74, 6) is 0.827. The molecule has 138 valence electrons. The number of ketones is 1. The quantitative estimate of drug-likeness (QED) is 0.528. The first-order valence-electron chi connectivity index (χ1n) is 7.90. The van der Waals surface area contributed by atoms with Crippen LogP contribution in [0.2, 0.25) is 10.0 Å². The number of hydrogen-bond acceptors (Lipinski definition) is 5. The van der Waals surface area contributed by atoms with E-state index in [2.05, 4.69) is 15.6 Å². The van der Waals surface area contributed by atoms with Crippen LogP contribution < -0.4 is 15.4 Å². The van der Waals surface area contributed by atoms with E-state index in [-0.39, 0.29) is 18.1 Å². The number of amides is 1. The monoisotopic (exact) mass is 395 g/mol. The number of hydrogen-bond donors (Lipinski definition) is 2. The molecule has 0 aliphatic rings. The third kappa shape index (κ3) is 5.61. The van der Waals surface area contributed by atoms with Crippen molar-refractivity contribution in [3.05, 3.63) is 51.6 Å². The van der Waals surface area contributed by atoms with Crippen LogP contribution in [0.4, 0.5) is 5.82 Å². The number of carbonyl (C=O) groups excluding carboxylic acids is 2. The maximum atomic E-state index is 12.1. The molecule has 1 amide bonds. The molecule has 1 aromatic carbocycles. The molecular formula is C18H19Cl2N3O3. The predicted octanol–water partition coefficient (Wildman–Crippen LogP) is 3.37. The number of nitrogens with one attached hydrogen (secondary N) is 2. The summed E-state index contributed by atoms with van der Waals surface area (Å²) in [6, 6.07) is 6.63. The zero-order valence-corrected chi connectivity index (χ0v) is 15.9. The Morgan fingerprint density at radius 1 is 1.19 bits per heavy atom. The lowest BCUT2D eigenvalue weighted by Crippen LogP contribution is -2.30. The SMILES string of the molecule is COc1ccc(C(C)=O)cc1CC(=O)NCCNc1ncc(Cl)cc1Cl. The molecule has 1 aromatic heterocycles. The minimum absolute atomic E-state index is 0.0640. The van der Waals surface area contributed by atoms with E-state index in [1.54, 1.807) is 24.3 Å². The Balaban J connectivity index is 1.87. The first kappa shape index (κ1) is 20.0. The van der Waals surface area contributed by atoms with Gasteiger partial charge >= 0.3 is 0 Å². The molecule has 26 heavy (non-hydrogen) atoms. The summed E-state index contributed by atoms with van der Waals surface area (Å²) in [6.45, 7) is 2.31. The number of ether oxygens (including phenoxy) is 1. The van der Waals surface area contributed by atoms with E-state index in [9.17, 15) is 9.59 Å². The first-order valence-corrected chi connectivity index (χ1v) is 8.65. The van der Waals surface area contributed by atoms with E-state index in [1.165, 1.54) is 20.2 Å². The number of benzene rings is 1. The molecule has 0 aliphatic heterocycles. The number of Topliss-reactive ketones (excluding diaryl/α,β-unsaturated/α-hetero) is 1. The van der Waals surface area contributed by atoms with Crippen molar-refractivity contribution >= 4 is 40.7 Å². The van der Waals surface area contributed by atoms with E-state index in [0.717, 1.165) is 0 Å². The molecule has 6 nitrogen and oxygen atoms in total. The standard InChI is InChI=1S/C18H19Cl2N3O3/c1-11(24)12-3-4-16(26-2)13(7-12)8-17(25)21-5-6-22-18-15(20)9-14(19)10-23-18/h3-4,7,9-10H,5-6,8H2,1-2H3,(H,21,25)(H,22,23).